The number of aromatic hydroxyl groups is 1. The molecule has 4 aromatic rings. The van der Waals surface area contributed by atoms with Crippen LogP contribution in [0, 0.1) is 12.7 Å². The van der Waals surface area contributed by atoms with E-state index in [-0.39, 0.29) is 24.8 Å². The monoisotopic (exact) mass is 424 g/mol. The van der Waals surface area contributed by atoms with E-state index in [0.717, 1.165) is 22.0 Å². The molecule has 31 heavy (non-hydrogen) atoms. The van der Waals surface area contributed by atoms with E-state index in [4.69, 9.17) is 9.15 Å². The zero-order chi connectivity index (χ0) is 21.8. The summed E-state index contributed by atoms with van der Waals surface area (Å²) in [6.45, 7) is 2.15. The van der Waals surface area contributed by atoms with Gasteiger partial charge in [-0.3, -0.25) is 0 Å². The van der Waals surface area contributed by atoms with Gasteiger partial charge in [0, 0.05) is 12.1 Å². The van der Waals surface area contributed by atoms with E-state index < -0.39 is 11.6 Å². The van der Waals surface area contributed by atoms with Crippen LogP contribution in [-0.2, 0) is 19.6 Å². The summed E-state index contributed by atoms with van der Waals surface area (Å²) in [4.78, 5) is 15.9. The van der Waals surface area contributed by atoms with Crippen molar-refractivity contribution < 1.29 is 23.1 Å². The van der Waals surface area contributed by atoms with Crippen molar-refractivity contribution in [2.75, 3.05) is 0 Å². The van der Waals surface area contributed by atoms with Gasteiger partial charge in [-0.2, -0.15) is 0 Å². The Hall–Kier alpha value is -3.81. The van der Waals surface area contributed by atoms with E-state index in [9.17, 15) is 14.3 Å². The molecule has 0 radical (unpaired) electrons. The summed E-state index contributed by atoms with van der Waals surface area (Å²) in [6, 6.07) is 14.3. The highest BCUT2D eigenvalue weighted by Gasteiger charge is 2.13. The van der Waals surface area contributed by atoms with Gasteiger partial charge < -0.3 is 18.7 Å². The summed E-state index contributed by atoms with van der Waals surface area (Å²) in [5.41, 5.74) is 2.22. The van der Waals surface area contributed by atoms with Gasteiger partial charge in [0.05, 0.1) is 0 Å². The molecule has 0 amide bonds. The largest absolute Gasteiger partial charge is 0.492 e. The average molecular weight is 424 g/mol. The summed E-state index contributed by atoms with van der Waals surface area (Å²) >= 11 is 0. The molecule has 0 saturated carbocycles. The van der Waals surface area contributed by atoms with E-state index in [2.05, 4.69) is 9.40 Å². The first kappa shape index (κ1) is 20.5. The molecule has 8 heteroatoms. The van der Waals surface area contributed by atoms with Gasteiger partial charge in [0.25, 0.3) is 0 Å². The van der Waals surface area contributed by atoms with Crippen LogP contribution in [-0.4, -0.2) is 14.7 Å². The maximum absolute atomic E-state index is 14.5. The molecule has 4 rings (SSSR count). The minimum atomic E-state index is -0.619. The van der Waals surface area contributed by atoms with E-state index >= 15 is 0 Å². The van der Waals surface area contributed by atoms with E-state index in [1.54, 1.807) is 19.1 Å². The number of nitrogens with zero attached hydrogens (tertiary/aromatic N) is 2. The lowest BCUT2D eigenvalue weighted by molar-refractivity contribution is 0.284. The van der Waals surface area contributed by atoms with Gasteiger partial charge in [0.15, 0.2) is 17.8 Å². The first-order chi connectivity index (χ1) is 15.0. The maximum Gasteiger partial charge on any atom is 0.421 e. The van der Waals surface area contributed by atoms with Crippen LogP contribution in [0.1, 0.15) is 23.4 Å². The number of hydrogen-bond donors (Lipinski definition) is 1. The van der Waals surface area contributed by atoms with Crippen molar-refractivity contribution in [1.29, 1.82) is 0 Å². The fourth-order valence-corrected chi connectivity index (χ4v) is 3.20. The molecule has 160 valence electrons. The van der Waals surface area contributed by atoms with Gasteiger partial charge in [-0.25, -0.2) is 18.7 Å². The molecule has 0 saturated heterocycles. The fraction of sp³-hybridized carbons (Fsp3) is 0.217. The zero-order valence-electron chi connectivity index (χ0n) is 16.9. The summed E-state index contributed by atoms with van der Waals surface area (Å²) < 4.78 is 31.5. The Labute approximate surface area is 177 Å². The second kappa shape index (κ2) is 8.91. The van der Waals surface area contributed by atoms with Crippen LogP contribution >= 0.6 is 0 Å². The molecule has 0 atom stereocenters. The minimum Gasteiger partial charge on any atom is -0.492 e. The van der Waals surface area contributed by atoms with Gasteiger partial charge in [-0.1, -0.05) is 24.3 Å². The Morgan fingerprint density at radius 1 is 1.19 bits per heavy atom. The van der Waals surface area contributed by atoms with Gasteiger partial charge in [-0.15, -0.1) is 0 Å². The quantitative estimate of drug-likeness (QED) is 0.449. The molecule has 1 N–H and O–H groups in total. The van der Waals surface area contributed by atoms with Crippen molar-refractivity contribution in [3.8, 4) is 23.1 Å². The maximum atomic E-state index is 14.5. The average Bonchev–Trinajstić information content (AvgIpc) is 3.30. The first-order valence-corrected chi connectivity index (χ1v) is 9.81. The molecule has 2 heterocycles. The third-order valence-corrected chi connectivity index (χ3v) is 4.88. The molecule has 0 unspecified atom stereocenters. The third kappa shape index (κ3) is 4.69. The molecular weight excluding hydrogens is 403 g/mol. The van der Waals surface area contributed by atoms with Crippen LogP contribution in [0.15, 0.2) is 68.4 Å². The topological polar surface area (TPSA) is 90.6 Å². The Bertz CT molecular complexity index is 1230. The van der Waals surface area contributed by atoms with Crippen molar-refractivity contribution in [2.45, 2.75) is 32.9 Å². The van der Waals surface area contributed by atoms with E-state index in [1.165, 1.54) is 6.07 Å². The predicted octanol–water partition coefficient (Wildman–Crippen LogP) is 4.46. The highest BCUT2D eigenvalue weighted by Crippen LogP contribution is 2.24. The van der Waals surface area contributed by atoms with Crippen LogP contribution in [0.25, 0.3) is 11.5 Å². The number of aromatic nitrogens is 2. The van der Waals surface area contributed by atoms with Gasteiger partial charge >= 0.3 is 5.76 Å². The minimum absolute atomic E-state index is 0.0844. The standard InChI is InChI=1S/C23H21FN2O5/c1-15-19(25-22(31-15)17-7-3-2-4-8-17)13-29-20-10-9-16(12-18(20)24)6-5-11-26-21(27)14-30-23(26)28/h2-4,7-10,12,14,27H,5-6,11,13H2,1H3. The smallest absolute Gasteiger partial charge is 0.421 e. The van der Waals surface area contributed by atoms with E-state index in [0.29, 0.717) is 30.2 Å². The lowest BCUT2D eigenvalue weighted by atomic mass is 10.1. The second-order valence-corrected chi connectivity index (χ2v) is 7.06. The Morgan fingerprint density at radius 3 is 2.71 bits per heavy atom. The normalized spacial score (nSPS) is 11.0. The second-order valence-electron chi connectivity index (χ2n) is 7.06. The van der Waals surface area contributed by atoms with Crippen LogP contribution in [0.2, 0.25) is 0 Å². The van der Waals surface area contributed by atoms with Crippen LogP contribution in [0.5, 0.6) is 11.6 Å². The Kier molecular flexibility index (Phi) is 5.88. The lowest BCUT2D eigenvalue weighted by Crippen LogP contribution is -2.14. The number of hydrogen-bond acceptors (Lipinski definition) is 6. The Morgan fingerprint density at radius 2 is 2.00 bits per heavy atom. The van der Waals surface area contributed by atoms with Crippen LogP contribution < -0.4 is 10.5 Å². The van der Waals surface area contributed by atoms with Crippen molar-refractivity contribution in [3.63, 3.8) is 0 Å². The molecule has 0 aliphatic rings. The summed E-state index contributed by atoms with van der Waals surface area (Å²) in [5, 5.41) is 9.53. The lowest BCUT2D eigenvalue weighted by Gasteiger charge is -2.08. The molecule has 0 aliphatic heterocycles. The number of ether oxygens (including phenoxy) is 1. The third-order valence-electron chi connectivity index (χ3n) is 4.88. The molecule has 2 aromatic carbocycles. The summed E-state index contributed by atoms with van der Waals surface area (Å²) in [5.74, 6) is -0.0882. The van der Waals surface area contributed by atoms with Crippen molar-refractivity contribution >= 4 is 0 Å². The number of rotatable bonds is 8. The molecule has 7 nitrogen and oxygen atoms in total. The SMILES string of the molecule is Cc1oc(-c2ccccc2)nc1COc1ccc(CCCn2c(O)coc2=O)cc1F. The fourth-order valence-electron chi connectivity index (χ4n) is 3.20. The predicted molar refractivity (Wildman–Crippen MR) is 110 cm³/mol. The number of aryl methyl sites for hydroxylation is 2. The van der Waals surface area contributed by atoms with Gasteiger partial charge in [0.1, 0.15) is 18.1 Å². The number of oxazole rings is 2. The van der Waals surface area contributed by atoms with Crippen molar-refractivity contribution in [2.24, 2.45) is 0 Å². The molecule has 0 bridgehead atoms. The number of halogens is 1. The summed E-state index contributed by atoms with van der Waals surface area (Å²) in [6.07, 6.45) is 2.05. The zero-order valence-corrected chi connectivity index (χ0v) is 16.9. The summed E-state index contributed by atoms with van der Waals surface area (Å²) in [7, 11) is 0. The van der Waals surface area contributed by atoms with Crippen molar-refractivity contribution in [3.05, 3.63) is 88.2 Å². The highest BCUT2D eigenvalue weighted by atomic mass is 19.1. The van der Waals surface area contributed by atoms with E-state index in [1.807, 2.05) is 30.3 Å². The highest BCUT2D eigenvalue weighted by molar-refractivity contribution is 5.53. The molecule has 2 aromatic heterocycles. The van der Waals surface area contributed by atoms with Gasteiger partial charge in [-0.05, 0) is 49.6 Å². The first-order valence-electron chi connectivity index (χ1n) is 9.81. The molecule has 0 aliphatic carbocycles. The molecule has 0 spiro atoms. The van der Waals surface area contributed by atoms with Crippen LogP contribution in [0.3, 0.4) is 0 Å². The van der Waals surface area contributed by atoms with Crippen LogP contribution in [0.4, 0.5) is 4.39 Å². The Balaban J connectivity index is 1.36. The number of benzene rings is 2. The van der Waals surface area contributed by atoms with Gasteiger partial charge in [0.2, 0.25) is 11.8 Å². The van der Waals surface area contributed by atoms with Crippen molar-refractivity contribution in [1.82, 2.24) is 9.55 Å². The molecular formula is C23H21FN2O5. The molecule has 0 fully saturated rings.